The van der Waals surface area contributed by atoms with Gasteiger partial charge in [-0.2, -0.15) is 0 Å². The molecule has 0 aliphatic carbocycles. The van der Waals surface area contributed by atoms with Crippen LogP contribution >= 0.6 is 0 Å². The van der Waals surface area contributed by atoms with Crippen molar-refractivity contribution in [1.82, 2.24) is 14.7 Å². The van der Waals surface area contributed by atoms with Crippen LogP contribution in [0, 0.1) is 5.92 Å². The number of rotatable bonds is 3. The maximum atomic E-state index is 12.7. The highest BCUT2D eigenvalue weighted by atomic mass is 16.3. The first-order valence-corrected chi connectivity index (χ1v) is 8.51. The molecule has 1 aromatic rings. The monoisotopic (exact) mass is 329 g/mol. The zero-order valence-corrected chi connectivity index (χ0v) is 13.9. The van der Waals surface area contributed by atoms with E-state index < -0.39 is 5.60 Å². The molecule has 3 aliphatic heterocycles. The van der Waals surface area contributed by atoms with E-state index in [1.165, 1.54) is 0 Å². The summed E-state index contributed by atoms with van der Waals surface area (Å²) in [5, 5.41) is 10.6. The number of amides is 2. The fourth-order valence-electron chi connectivity index (χ4n) is 4.04. The molecule has 2 amide bonds. The van der Waals surface area contributed by atoms with E-state index in [1.54, 1.807) is 4.90 Å². The minimum absolute atomic E-state index is 0.000802. The van der Waals surface area contributed by atoms with Crippen LogP contribution in [0.3, 0.4) is 0 Å². The third-order valence-electron chi connectivity index (χ3n) is 5.52. The summed E-state index contributed by atoms with van der Waals surface area (Å²) in [5.41, 5.74) is -0.105. The zero-order valence-electron chi connectivity index (χ0n) is 13.9. The van der Waals surface area contributed by atoms with Crippen molar-refractivity contribution in [2.24, 2.45) is 5.92 Å². The average molecular weight is 329 g/mol. The Balaban J connectivity index is 1.36. The van der Waals surface area contributed by atoms with Crippen LogP contribution in [0.2, 0.25) is 0 Å². The van der Waals surface area contributed by atoms with Crippen molar-refractivity contribution >= 4 is 11.8 Å². The standard InChI is InChI=1S/C18H23N3O3/c1-19-9-15(10-19)21-8-13(7-16(21)22)17(23)20-11-18(24,12-20)14-5-3-2-4-6-14/h2-6,13,15,24H,7-12H2,1H3. The lowest BCUT2D eigenvalue weighted by molar-refractivity contribution is -0.161. The van der Waals surface area contributed by atoms with E-state index in [0.29, 0.717) is 26.1 Å². The molecule has 1 atom stereocenters. The van der Waals surface area contributed by atoms with Gasteiger partial charge in [0.25, 0.3) is 0 Å². The summed E-state index contributed by atoms with van der Waals surface area (Å²) in [7, 11) is 2.03. The van der Waals surface area contributed by atoms with Gasteiger partial charge in [-0.1, -0.05) is 30.3 Å². The number of likely N-dealkylation sites (tertiary alicyclic amines) is 3. The molecule has 0 spiro atoms. The molecule has 24 heavy (non-hydrogen) atoms. The van der Waals surface area contributed by atoms with Gasteiger partial charge >= 0.3 is 0 Å². The summed E-state index contributed by atoms with van der Waals surface area (Å²) in [4.78, 5) is 30.6. The second-order valence-electron chi connectivity index (χ2n) is 7.41. The molecule has 0 bridgehead atoms. The molecule has 1 unspecified atom stereocenters. The van der Waals surface area contributed by atoms with Crippen molar-refractivity contribution in [2.45, 2.75) is 18.1 Å². The first kappa shape index (κ1) is 15.6. The quantitative estimate of drug-likeness (QED) is 0.840. The molecule has 0 radical (unpaired) electrons. The molecule has 1 aromatic carbocycles. The Hall–Kier alpha value is -1.92. The smallest absolute Gasteiger partial charge is 0.228 e. The lowest BCUT2D eigenvalue weighted by Crippen LogP contribution is -2.62. The first-order chi connectivity index (χ1) is 11.5. The first-order valence-electron chi connectivity index (χ1n) is 8.51. The van der Waals surface area contributed by atoms with Crippen LogP contribution in [0.4, 0.5) is 0 Å². The predicted octanol–water partition coefficient (Wildman–Crippen LogP) is -0.121. The Morgan fingerprint density at radius 2 is 1.83 bits per heavy atom. The Labute approximate surface area is 141 Å². The van der Waals surface area contributed by atoms with Gasteiger partial charge in [0.05, 0.1) is 25.0 Å². The number of hydrogen-bond acceptors (Lipinski definition) is 4. The summed E-state index contributed by atoms with van der Waals surface area (Å²) in [6.45, 7) is 2.93. The zero-order chi connectivity index (χ0) is 16.9. The number of β-amino-alcohol motifs (C(OH)–C–C–N with tert-alkyl or cyclic N) is 1. The van der Waals surface area contributed by atoms with Crippen LogP contribution in [0.1, 0.15) is 12.0 Å². The summed E-state index contributed by atoms with van der Waals surface area (Å²) >= 11 is 0. The Morgan fingerprint density at radius 3 is 2.46 bits per heavy atom. The molecule has 6 heteroatoms. The van der Waals surface area contributed by atoms with Gasteiger partial charge in [-0.25, -0.2) is 0 Å². The molecule has 6 nitrogen and oxygen atoms in total. The van der Waals surface area contributed by atoms with Crippen LogP contribution in [0.25, 0.3) is 0 Å². The Morgan fingerprint density at radius 1 is 1.17 bits per heavy atom. The van der Waals surface area contributed by atoms with Gasteiger partial charge < -0.3 is 19.8 Å². The molecule has 4 rings (SSSR count). The van der Waals surface area contributed by atoms with Crippen molar-refractivity contribution in [3.05, 3.63) is 35.9 Å². The highest BCUT2D eigenvalue weighted by Crippen LogP contribution is 2.34. The van der Waals surface area contributed by atoms with Crippen molar-refractivity contribution in [3.63, 3.8) is 0 Å². The van der Waals surface area contributed by atoms with Gasteiger partial charge in [-0.15, -0.1) is 0 Å². The predicted molar refractivity (Wildman–Crippen MR) is 88.0 cm³/mol. The highest BCUT2D eigenvalue weighted by Gasteiger charge is 2.49. The van der Waals surface area contributed by atoms with Crippen LogP contribution < -0.4 is 0 Å². The molecule has 1 N–H and O–H groups in total. The van der Waals surface area contributed by atoms with Crippen LogP contribution in [0.5, 0.6) is 0 Å². The molecular formula is C18H23N3O3. The van der Waals surface area contributed by atoms with Crippen LogP contribution in [-0.4, -0.2) is 77.4 Å². The summed E-state index contributed by atoms with van der Waals surface area (Å²) < 4.78 is 0. The molecular weight excluding hydrogens is 306 g/mol. The SMILES string of the molecule is CN1CC(N2CC(C(=O)N3CC(O)(c4ccccc4)C3)CC2=O)C1. The summed E-state index contributed by atoms with van der Waals surface area (Å²) in [6.07, 6.45) is 0.305. The van der Waals surface area contributed by atoms with E-state index in [0.717, 1.165) is 18.7 Å². The fourth-order valence-corrected chi connectivity index (χ4v) is 4.04. The topological polar surface area (TPSA) is 64.1 Å². The van der Waals surface area contributed by atoms with E-state index in [-0.39, 0.29) is 23.8 Å². The lowest BCUT2D eigenvalue weighted by atomic mass is 9.85. The van der Waals surface area contributed by atoms with E-state index in [1.807, 2.05) is 42.3 Å². The largest absolute Gasteiger partial charge is 0.381 e. The Kier molecular flexibility index (Phi) is 3.62. The second kappa shape index (κ2) is 5.57. The van der Waals surface area contributed by atoms with E-state index in [2.05, 4.69) is 4.90 Å². The van der Waals surface area contributed by atoms with Crippen LogP contribution in [0.15, 0.2) is 30.3 Å². The number of hydrogen-bond donors (Lipinski definition) is 1. The third-order valence-corrected chi connectivity index (χ3v) is 5.52. The minimum atomic E-state index is -0.949. The number of likely N-dealkylation sites (N-methyl/N-ethyl adjacent to an activating group) is 1. The van der Waals surface area contributed by atoms with E-state index >= 15 is 0 Å². The maximum Gasteiger partial charge on any atom is 0.228 e. The van der Waals surface area contributed by atoms with Gasteiger partial charge in [0.1, 0.15) is 5.60 Å². The molecule has 0 saturated carbocycles. The van der Waals surface area contributed by atoms with Gasteiger partial charge in [0, 0.05) is 26.1 Å². The number of carbonyl (C=O) groups is 2. The van der Waals surface area contributed by atoms with Gasteiger partial charge in [-0.05, 0) is 12.6 Å². The van der Waals surface area contributed by atoms with Crippen molar-refractivity contribution < 1.29 is 14.7 Å². The summed E-state index contributed by atoms with van der Waals surface area (Å²) in [6, 6.07) is 9.72. The third kappa shape index (κ3) is 2.50. The second-order valence-corrected chi connectivity index (χ2v) is 7.41. The molecule has 3 fully saturated rings. The molecule has 0 aromatic heterocycles. The Bertz CT molecular complexity index is 651. The molecule has 3 aliphatic rings. The molecule has 3 saturated heterocycles. The van der Waals surface area contributed by atoms with Crippen molar-refractivity contribution in [1.29, 1.82) is 0 Å². The average Bonchev–Trinajstić information content (AvgIpc) is 2.90. The number of nitrogens with zero attached hydrogens (tertiary/aromatic N) is 3. The van der Waals surface area contributed by atoms with Crippen molar-refractivity contribution in [3.8, 4) is 0 Å². The number of benzene rings is 1. The maximum absolute atomic E-state index is 12.7. The fraction of sp³-hybridized carbons (Fsp3) is 0.556. The molecule has 128 valence electrons. The van der Waals surface area contributed by atoms with Gasteiger partial charge in [0.2, 0.25) is 11.8 Å². The lowest BCUT2D eigenvalue weighted by Gasteiger charge is -2.47. The van der Waals surface area contributed by atoms with Crippen molar-refractivity contribution in [2.75, 3.05) is 39.8 Å². The molecule has 3 heterocycles. The van der Waals surface area contributed by atoms with Crippen LogP contribution in [-0.2, 0) is 15.2 Å². The van der Waals surface area contributed by atoms with E-state index in [4.69, 9.17) is 0 Å². The normalized spacial score (nSPS) is 27.1. The minimum Gasteiger partial charge on any atom is -0.381 e. The number of aliphatic hydroxyl groups is 1. The van der Waals surface area contributed by atoms with E-state index in [9.17, 15) is 14.7 Å². The number of carbonyl (C=O) groups excluding carboxylic acids is 2. The van der Waals surface area contributed by atoms with Gasteiger partial charge in [-0.3, -0.25) is 9.59 Å². The van der Waals surface area contributed by atoms with Gasteiger partial charge in [0.15, 0.2) is 0 Å². The highest BCUT2D eigenvalue weighted by molar-refractivity contribution is 5.90. The summed E-state index contributed by atoms with van der Waals surface area (Å²) in [5.74, 6) is -0.173.